The smallest absolute Gasteiger partial charge is 0.223 e. The lowest BCUT2D eigenvalue weighted by molar-refractivity contribution is -0.144. The maximum absolute atomic E-state index is 14.7. The number of ketones is 1. The summed E-state index contributed by atoms with van der Waals surface area (Å²) < 4.78 is 5.10. The first-order valence-corrected chi connectivity index (χ1v) is 14.8. The number of pyridine rings is 1. The van der Waals surface area contributed by atoms with E-state index in [0.717, 1.165) is 69.4 Å². The van der Waals surface area contributed by atoms with Crippen molar-refractivity contribution in [2.45, 2.75) is 65.3 Å². The van der Waals surface area contributed by atoms with Crippen LogP contribution in [-0.2, 0) is 4.79 Å². The molecule has 4 heterocycles. The lowest BCUT2D eigenvalue weighted by atomic mass is 9.63. The number of hydrogen-bond acceptors (Lipinski definition) is 8. The van der Waals surface area contributed by atoms with Crippen LogP contribution in [0.4, 0.5) is 5.69 Å². The first kappa shape index (κ1) is 24.7. The number of anilines is 1. The van der Waals surface area contributed by atoms with Crippen LogP contribution in [0.3, 0.4) is 0 Å². The zero-order valence-electron chi connectivity index (χ0n) is 23.4. The van der Waals surface area contributed by atoms with Gasteiger partial charge in [-0.15, -0.1) is 0 Å². The van der Waals surface area contributed by atoms with Crippen molar-refractivity contribution in [2.24, 2.45) is 28.6 Å². The molecule has 3 saturated carbocycles. The Labute approximate surface area is 226 Å². The molecule has 0 spiro atoms. The molecule has 0 aromatic carbocycles. The number of aromatic nitrogens is 3. The van der Waals surface area contributed by atoms with Gasteiger partial charge in [0.05, 0.1) is 17.4 Å². The number of carbonyl (C=O) groups excluding carboxylic acids is 1. The summed E-state index contributed by atoms with van der Waals surface area (Å²) in [6.45, 7) is 16.3. The van der Waals surface area contributed by atoms with Gasteiger partial charge >= 0.3 is 0 Å². The number of rotatable bonds is 6. The molecule has 0 N–H and O–H groups in total. The van der Waals surface area contributed by atoms with E-state index in [-0.39, 0.29) is 16.4 Å². The maximum Gasteiger partial charge on any atom is 0.223 e. The zero-order valence-corrected chi connectivity index (χ0v) is 23.4. The highest BCUT2D eigenvalue weighted by Gasteiger charge is 2.81. The van der Waals surface area contributed by atoms with E-state index in [1.165, 1.54) is 25.8 Å². The average molecular weight is 519 g/mol. The molecular weight excluding hydrogens is 476 g/mol. The summed E-state index contributed by atoms with van der Waals surface area (Å²) in [6, 6.07) is 4.07. The van der Waals surface area contributed by atoms with Crippen LogP contribution < -0.4 is 4.90 Å². The molecule has 0 bridgehead atoms. The van der Waals surface area contributed by atoms with Gasteiger partial charge in [0.2, 0.25) is 11.7 Å². The second kappa shape index (κ2) is 8.59. The van der Waals surface area contributed by atoms with Crippen LogP contribution in [0, 0.1) is 35.5 Å². The third-order valence-electron chi connectivity index (χ3n) is 11.1. The minimum Gasteiger partial charge on any atom is -0.370 e. The fourth-order valence-electron chi connectivity index (χ4n) is 8.59. The minimum absolute atomic E-state index is 0.0755. The molecule has 0 amide bonds. The number of nitrogens with zero attached hydrogens (tertiary/aromatic N) is 6. The Morgan fingerprint density at radius 2 is 1.82 bits per heavy atom. The van der Waals surface area contributed by atoms with Crippen molar-refractivity contribution in [3.8, 4) is 11.5 Å². The molecule has 204 valence electrons. The fourth-order valence-corrected chi connectivity index (χ4v) is 8.59. The first-order chi connectivity index (χ1) is 18.2. The van der Waals surface area contributed by atoms with Crippen molar-refractivity contribution in [1.82, 2.24) is 24.9 Å². The summed E-state index contributed by atoms with van der Waals surface area (Å²) in [6.07, 6.45) is 7.99. The quantitative estimate of drug-likeness (QED) is 0.567. The molecule has 2 saturated heterocycles. The number of carbonyl (C=O) groups is 1. The number of Topliss-reactive ketones (excluding diaryl/α,β-unsaturated/α-hetero) is 1. The predicted octanol–water partition coefficient (Wildman–Crippen LogP) is 4.06. The van der Waals surface area contributed by atoms with Crippen molar-refractivity contribution in [3.63, 3.8) is 0 Å². The second-order valence-corrected chi connectivity index (χ2v) is 13.5. The third kappa shape index (κ3) is 3.62. The summed E-state index contributed by atoms with van der Waals surface area (Å²) in [5.74, 6) is 3.43. The fraction of sp³-hybridized carbons (Fsp3) is 0.733. The molecule has 4 atom stereocenters. The van der Waals surface area contributed by atoms with Gasteiger partial charge < -0.3 is 14.3 Å². The summed E-state index contributed by atoms with van der Waals surface area (Å²) in [4.78, 5) is 31.3. The zero-order chi connectivity index (χ0) is 26.3. The van der Waals surface area contributed by atoms with Gasteiger partial charge in [-0.2, -0.15) is 4.98 Å². The van der Waals surface area contributed by atoms with Crippen molar-refractivity contribution < 1.29 is 9.32 Å². The van der Waals surface area contributed by atoms with Crippen LogP contribution in [0.1, 0.15) is 58.8 Å². The van der Waals surface area contributed by atoms with E-state index in [1.807, 2.05) is 12.3 Å². The van der Waals surface area contributed by atoms with E-state index >= 15 is 0 Å². The Hall–Kier alpha value is -2.32. The molecule has 38 heavy (non-hydrogen) atoms. The van der Waals surface area contributed by atoms with Crippen molar-refractivity contribution in [1.29, 1.82) is 0 Å². The van der Waals surface area contributed by atoms with Crippen LogP contribution in [0.5, 0.6) is 0 Å². The van der Waals surface area contributed by atoms with Gasteiger partial charge in [-0.05, 0) is 67.4 Å². The first-order valence-electron chi connectivity index (χ1n) is 14.8. The Morgan fingerprint density at radius 1 is 1.03 bits per heavy atom. The molecule has 3 unspecified atom stereocenters. The molecular formula is C30H42N6O2. The molecule has 8 nitrogen and oxygen atoms in total. The molecule has 2 aliphatic heterocycles. The normalized spacial score (nSPS) is 35.5. The van der Waals surface area contributed by atoms with Gasteiger partial charge in [-0.25, -0.2) is 0 Å². The molecule has 3 aliphatic carbocycles. The van der Waals surface area contributed by atoms with Crippen LogP contribution in [0.25, 0.3) is 11.5 Å². The summed E-state index contributed by atoms with van der Waals surface area (Å²) >= 11 is 0. The van der Waals surface area contributed by atoms with Gasteiger partial charge in [-0.1, -0.05) is 25.9 Å². The molecule has 5 aliphatic rings. The molecule has 7 rings (SSSR count). The van der Waals surface area contributed by atoms with Crippen molar-refractivity contribution in [2.75, 3.05) is 50.7 Å². The van der Waals surface area contributed by atoms with Gasteiger partial charge in [0.15, 0.2) is 5.78 Å². The highest BCUT2D eigenvalue weighted by molar-refractivity contribution is 5.99. The number of piperazine rings is 1. The van der Waals surface area contributed by atoms with Crippen molar-refractivity contribution in [3.05, 3.63) is 24.2 Å². The van der Waals surface area contributed by atoms with Crippen LogP contribution in [-0.4, -0.2) is 82.1 Å². The van der Waals surface area contributed by atoms with Gasteiger partial charge in [0.1, 0.15) is 5.69 Å². The predicted molar refractivity (Wildman–Crippen MR) is 146 cm³/mol. The Kier molecular flexibility index (Phi) is 5.58. The lowest BCUT2D eigenvalue weighted by Crippen LogP contribution is -2.61. The SMILES string of the molecule is Cc1nc(-c2ccc(N3CC[C@@H](C4(C)CCC5C(C)(C)C5(N5CCN(CC6CC6)CC5)C4=O)C3)cn2)no1. The molecule has 2 aromatic rings. The number of fused-ring (bicyclic) bond motifs is 1. The van der Waals surface area contributed by atoms with E-state index in [4.69, 9.17) is 4.52 Å². The molecule has 2 aromatic heterocycles. The van der Waals surface area contributed by atoms with Gasteiger partial charge in [-0.3, -0.25) is 14.7 Å². The van der Waals surface area contributed by atoms with E-state index in [9.17, 15) is 4.79 Å². The molecule has 8 heteroatoms. The monoisotopic (exact) mass is 518 g/mol. The minimum atomic E-state index is -0.264. The average Bonchev–Trinajstić information content (AvgIpc) is 3.62. The molecule has 5 fully saturated rings. The number of aryl methyl sites for hydroxylation is 1. The van der Waals surface area contributed by atoms with Crippen LogP contribution in [0.2, 0.25) is 0 Å². The van der Waals surface area contributed by atoms with E-state index in [2.05, 4.69) is 56.7 Å². The van der Waals surface area contributed by atoms with Crippen LogP contribution >= 0.6 is 0 Å². The third-order valence-corrected chi connectivity index (χ3v) is 11.1. The topological polar surface area (TPSA) is 78.6 Å². The van der Waals surface area contributed by atoms with Gasteiger partial charge in [0, 0.05) is 58.2 Å². The maximum atomic E-state index is 14.7. The Balaban J connectivity index is 1.07. The number of hydrogen-bond donors (Lipinski definition) is 0. The van der Waals surface area contributed by atoms with Gasteiger partial charge in [0.25, 0.3) is 0 Å². The van der Waals surface area contributed by atoms with Crippen molar-refractivity contribution >= 4 is 11.5 Å². The largest absolute Gasteiger partial charge is 0.370 e. The summed E-state index contributed by atoms with van der Waals surface area (Å²) in [7, 11) is 0. The summed E-state index contributed by atoms with van der Waals surface area (Å²) in [5.41, 5.74) is 1.38. The Bertz CT molecular complexity index is 1210. The van der Waals surface area contributed by atoms with E-state index < -0.39 is 0 Å². The highest BCUT2D eigenvalue weighted by Crippen LogP contribution is 2.73. The molecule has 0 radical (unpaired) electrons. The standard InChI is InChI=1S/C30H42N6O2/c1-20-32-26(33-38-20)24-8-7-23(17-31-24)35-12-10-22(19-35)29(4)11-9-25-28(2,3)30(25,27(29)37)36-15-13-34(14-16-36)18-21-5-6-21/h7-8,17,21-22,25H,5-6,9-16,18-19H2,1-4H3/t22-,25?,29?,30?/m1/s1. The Morgan fingerprint density at radius 3 is 2.47 bits per heavy atom. The van der Waals surface area contributed by atoms with Crippen LogP contribution in [0.15, 0.2) is 22.9 Å². The summed E-state index contributed by atoms with van der Waals surface area (Å²) in [5, 5.41) is 3.98. The van der Waals surface area contributed by atoms with E-state index in [1.54, 1.807) is 6.92 Å². The van der Waals surface area contributed by atoms with E-state index in [0.29, 0.717) is 29.3 Å². The highest BCUT2D eigenvalue weighted by atomic mass is 16.5. The second-order valence-electron chi connectivity index (χ2n) is 13.5. The lowest BCUT2D eigenvalue weighted by Gasteiger charge is -2.48.